The van der Waals surface area contributed by atoms with Crippen molar-refractivity contribution in [2.75, 3.05) is 26.3 Å². The van der Waals surface area contributed by atoms with Gasteiger partial charge in [-0.05, 0) is 5.56 Å². The third-order valence-electron chi connectivity index (χ3n) is 2.83. The summed E-state index contributed by atoms with van der Waals surface area (Å²) in [6, 6.07) is 10.2. The fraction of sp³-hybridized carbons (Fsp3) is 0.500. The summed E-state index contributed by atoms with van der Waals surface area (Å²) in [7, 11) is 0. The van der Waals surface area contributed by atoms with E-state index in [0.717, 1.165) is 13.1 Å². The van der Waals surface area contributed by atoms with E-state index in [9.17, 15) is 5.11 Å². The summed E-state index contributed by atoms with van der Waals surface area (Å²) in [5, 5.41) is 12.6. The van der Waals surface area contributed by atoms with Gasteiger partial charge in [0.1, 0.15) is 0 Å². The molecule has 0 bridgehead atoms. The molecule has 1 aromatic rings. The highest BCUT2D eigenvalue weighted by atomic mass is 16.5. The first-order valence-corrected chi connectivity index (χ1v) is 5.40. The molecule has 0 radical (unpaired) electrons. The van der Waals surface area contributed by atoms with Crippen molar-refractivity contribution in [1.82, 2.24) is 5.32 Å². The minimum absolute atomic E-state index is 0.0811. The molecule has 1 aromatic carbocycles. The van der Waals surface area contributed by atoms with Gasteiger partial charge in [-0.1, -0.05) is 30.3 Å². The van der Waals surface area contributed by atoms with Crippen molar-refractivity contribution >= 4 is 0 Å². The summed E-state index contributed by atoms with van der Waals surface area (Å²) in [6.07, 6.45) is -0.0811. The normalized spacial score (nSPS) is 27.3. The largest absolute Gasteiger partial charge is 0.394 e. The second-order valence-corrected chi connectivity index (χ2v) is 3.81. The zero-order valence-corrected chi connectivity index (χ0v) is 8.73. The zero-order chi connectivity index (χ0) is 10.5. The molecule has 0 aliphatic carbocycles. The van der Waals surface area contributed by atoms with E-state index in [1.165, 1.54) is 5.56 Å². The summed E-state index contributed by atoms with van der Waals surface area (Å²) in [6.45, 7) is 2.49. The first-order chi connectivity index (χ1) is 7.42. The average molecular weight is 207 g/mol. The first-order valence-electron chi connectivity index (χ1n) is 5.40. The molecular weight excluding hydrogens is 190 g/mol. The third kappa shape index (κ3) is 2.56. The number of benzene rings is 1. The molecule has 0 spiro atoms. The molecule has 0 amide bonds. The molecule has 3 heteroatoms. The van der Waals surface area contributed by atoms with E-state index in [1.807, 2.05) is 18.2 Å². The minimum atomic E-state index is -0.0811. The molecule has 1 saturated heterocycles. The van der Waals surface area contributed by atoms with Crippen molar-refractivity contribution in [3.05, 3.63) is 35.9 Å². The third-order valence-corrected chi connectivity index (χ3v) is 2.83. The number of nitrogens with one attached hydrogen (secondary N) is 1. The van der Waals surface area contributed by atoms with E-state index in [4.69, 9.17) is 4.74 Å². The molecule has 0 aromatic heterocycles. The summed E-state index contributed by atoms with van der Waals surface area (Å²) in [5.74, 6) is 0.249. The van der Waals surface area contributed by atoms with Crippen LogP contribution in [0.5, 0.6) is 0 Å². The van der Waals surface area contributed by atoms with Crippen LogP contribution in [0.1, 0.15) is 11.5 Å². The van der Waals surface area contributed by atoms with E-state index in [1.54, 1.807) is 0 Å². The van der Waals surface area contributed by atoms with Gasteiger partial charge in [0.15, 0.2) is 0 Å². The van der Waals surface area contributed by atoms with Crippen LogP contribution >= 0.6 is 0 Å². The quantitative estimate of drug-likeness (QED) is 0.752. The molecule has 1 fully saturated rings. The highest BCUT2D eigenvalue weighted by molar-refractivity contribution is 5.21. The van der Waals surface area contributed by atoms with Crippen LogP contribution in [0.15, 0.2) is 30.3 Å². The lowest BCUT2D eigenvalue weighted by Gasteiger charge is -2.23. The Kier molecular flexibility index (Phi) is 3.72. The standard InChI is InChI=1S/C12H17NO2/c14-9-12-11(8-13-6-7-15-12)10-4-2-1-3-5-10/h1-5,11-14H,6-9H2. The molecule has 1 aliphatic rings. The SMILES string of the molecule is OCC1OCCNCC1c1ccccc1. The van der Waals surface area contributed by atoms with Crippen LogP contribution in [0.3, 0.4) is 0 Å². The zero-order valence-electron chi connectivity index (χ0n) is 8.73. The fourth-order valence-electron chi connectivity index (χ4n) is 2.00. The monoisotopic (exact) mass is 207 g/mol. The van der Waals surface area contributed by atoms with E-state index >= 15 is 0 Å². The molecule has 2 unspecified atom stereocenters. The Morgan fingerprint density at radius 3 is 2.87 bits per heavy atom. The van der Waals surface area contributed by atoms with Gasteiger partial charge >= 0.3 is 0 Å². The predicted molar refractivity (Wildman–Crippen MR) is 58.9 cm³/mol. The smallest absolute Gasteiger partial charge is 0.0886 e. The van der Waals surface area contributed by atoms with Crippen LogP contribution in [0.4, 0.5) is 0 Å². The lowest BCUT2D eigenvalue weighted by Crippen LogP contribution is -2.29. The molecule has 0 saturated carbocycles. The van der Waals surface area contributed by atoms with Gasteiger partial charge in [-0.25, -0.2) is 0 Å². The number of aliphatic hydroxyl groups is 1. The van der Waals surface area contributed by atoms with E-state index in [0.29, 0.717) is 6.61 Å². The van der Waals surface area contributed by atoms with Gasteiger partial charge in [0.25, 0.3) is 0 Å². The fourth-order valence-corrected chi connectivity index (χ4v) is 2.00. The minimum Gasteiger partial charge on any atom is -0.394 e. The van der Waals surface area contributed by atoms with Crippen molar-refractivity contribution < 1.29 is 9.84 Å². The molecule has 82 valence electrons. The molecule has 2 atom stereocenters. The van der Waals surface area contributed by atoms with Crippen LogP contribution in [0.25, 0.3) is 0 Å². The molecule has 1 heterocycles. The molecule has 15 heavy (non-hydrogen) atoms. The van der Waals surface area contributed by atoms with Gasteiger partial charge in [0.2, 0.25) is 0 Å². The Hall–Kier alpha value is -0.900. The van der Waals surface area contributed by atoms with Crippen LogP contribution in [-0.2, 0) is 4.74 Å². The Morgan fingerprint density at radius 2 is 2.13 bits per heavy atom. The molecule has 2 N–H and O–H groups in total. The topological polar surface area (TPSA) is 41.5 Å². The van der Waals surface area contributed by atoms with Gasteiger partial charge in [-0.2, -0.15) is 0 Å². The number of ether oxygens (including phenoxy) is 1. The van der Waals surface area contributed by atoms with Gasteiger partial charge in [0, 0.05) is 19.0 Å². The summed E-state index contributed by atoms with van der Waals surface area (Å²) >= 11 is 0. The number of hydrogen-bond donors (Lipinski definition) is 2. The molecule has 1 aliphatic heterocycles. The van der Waals surface area contributed by atoms with Crippen molar-refractivity contribution in [3.63, 3.8) is 0 Å². The lowest BCUT2D eigenvalue weighted by atomic mass is 9.94. The maximum atomic E-state index is 9.29. The first kappa shape index (κ1) is 10.6. The summed E-state index contributed by atoms with van der Waals surface area (Å²) < 4.78 is 5.61. The van der Waals surface area contributed by atoms with Crippen molar-refractivity contribution in [2.45, 2.75) is 12.0 Å². The Morgan fingerprint density at radius 1 is 1.33 bits per heavy atom. The Bertz CT molecular complexity index is 289. The average Bonchev–Trinajstić information content (AvgIpc) is 2.55. The number of hydrogen-bond acceptors (Lipinski definition) is 3. The second kappa shape index (κ2) is 5.26. The van der Waals surface area contributed by atoms with E-state index in [2.05, 4.69) is 17.4 Å². The van der Waals surface area contributed by atoms with Crippen LogP contribution < -0.4 is 5.32 Å². The van der Waals surface area contributed by atoms with Gasteiger partial charge in [-0.15, -0.1) is 0 Å². The van der Waals surface area contributed by atoms with Crippen molar-refractivity contribution in [3.8, 4) is 0 Å². The van der Waals surface area contributed by atoms with Crippen LogP contribution in [0, 0.1) is 0 Å². The van der Waals surface area contributed by atoms with E-state index < -0.39 is 0 Å². The summed E-state index contributed by atoms with van der Waals surface area (Å²) in [4.78, 5) is 0. The molecular formula is C12H17NO2. The lowest BCUT2D eigenvalue weighted by molar-refractivity contribution is 0.0108. The number of aliphatic hydroxyl groups excluding tert-OH is 1. The second-order valence-electron chi connectivity index (χ2n) is 3.81. The van der Waals surface area contributed by atoms with Crippen LogP contribution in [0.2, 0.25) is 0 Å². The van der Waals surface area contributed by atoms with Crippen molar-refractivity contribution in [1.29, 1.82) is 0 Å². The van der Waals surface area contributed by atoms with Crippen LogP contribution in [-0.4, -0.2) is 37.5 Å². The Labute approximate surface area is 90.1 Å². The Balaban J connectivity index is 2.16. The highest BCUT2D eigenvalue weighted by Crippen LogP contribution is 2.22. The maximum Gasteiger partial charge on any atom is 0.0886 e. The number of rotatable bonds is 2. The van der Waals surface area contributed by atoms with Gasteiger partial charge in [-0.3, -0.25) is 0 Å². The predicted octanol–water partition coefficient (Wildman–Crippen LogP) is 0.751. The molecule has 3 nitrogen and oxygen atoms in total. The van der Waals surface area contributed by atoms with Crippen molar-refractivity contribution in [2.24, 2.45) is 0 Å². The van der Waals surface area contributed by atoms with E-state index in [-0.39, 0.29) is 18.6 Å². The van der Waals surface area contributed by atoms with Gasteiger partial charge in [0.05, 0.1) is 19.3 Å². The highest BCUT2D eigenvalue weighted by Gasteiger charge is 2.24. The van der Waals surface area contributed by atoms with Gasteiger partial charge < -0.3 is 15.2 Å². The summed E-state index contributed by atoms with van der Waals surface area (Å²) in [5.41, 5.74) is 1.23. The molecule has 2 rings (SSSR count). The maximum absolute atomic E-state index is 9.29.